The first-order valence-electron chi connectivity index (χ1n) is 9.30. The summed E-state index contributed by atoms with van der Waals surface area (Å²) in [7, 11) is -1.72. The maximum absolute atomic E-state index is 13.1. The molecule has 1 amide bonds. The van der Waals surface area contributed by atoms with Crippen molar-refractivity contribution in [2.24, 2.45) is 13.0 Å². The number of amides is 1. The molecule has 1 atom stereocenters. The first-order valence-corrected chi connectivity index (χ1v) is 10.7. The van der Waals surface area contributed by atoms with Crippen LogP contribution in [0.25, 0.3) is 10.9 Å². The van der Waals surface area contributed by atoms with Crippen LogP contribution in [0.2, 0.25) is 0 Å². The minimum absolute atomic E-state index is 0.144. The second kappa shape index (κ2) is 7.44. The second-order valence-corrected chi connectivity index (χ2v) is 9.08. The van der Waals surface area contributed by atoms with Gasteiger partial charge in [0, 0.05) is 37.2 Å². The molecule has 0 radical (unpaired) electrons. The van der Waals surface area contributed by atoms with Crippen molar-refractivity contribution in [1.82, 2.24) is 14.2 Å². The summed E-state index contributed by atoms with van der Waals surface area (Å²) in [6, 6.07) is 10.6. The van der Waals surface area contributed by atoms with Crippen molar-refractivity contribution >= 4 is 26.8 Å². The molecule has 1 aromatic carbocycles. The zero-order chi connectivity index (χ0) is 19.7. The van der Waals surface area contributed by atoms with E-state index in [4.69, 9.17) is 4.42 Å². The van der Waals surface area contributed by atoms with E-state index in [-0.39, 0.29) is 23.3 Å². The van der Waals surface area contributed by atoms with Gasteiger partial charge >= 0.3 is 0 Å². The number of hydrogen-bond acceptors (Lipinski definition) is 4. The predicted octanol–water partition coefficient (Wildman–Crippen LogP) is 2.49. The van der Waals surface area contributed by atoms with Crippen molar-refractivity contribution in [2.45, 2.75) is 24.3 Å². The number of nitrogens with zero attached hydrogens (tertiary/aromatic N) is 2. The third kappa shape index (κ3) is 3.57. The van der Waals surface area contributed by atoms with Gasteiger partial charge in [0.25, 0.3) is 0 Å². The molecule has 148 valence electrons. The number of benzene rings is 1. The molecular weight excluding hydrogens is 378 g/mol. The van der Waals surface area contributed by atoms with Crippen LogP contribution in [0.1, 0.15) is 18.6 Å². The van der Waals surface area contributed by atoms with Gasteiger partial charge in [0.1, 0.15) is 5.76 Å². The van der Waals surface area contributed by atoms with Crippen LogP contribution >= 0.6 is 0 Å². The fourth-order valence-electron chi connectivity index (χ4n) is 3.68. The lowest BCUT2D eigenvalue weighted by atomic mass is 9.99. The maximum atomic E-state index is 13.1. The SMILES string of the molecule is Cn1ccc2cc(S(=O)(=O)N3CCC[C@H](C(=O)NCc4ccco4)C3)ccc21. The van der Waals surface area contributed by atoms with E-state index in [1.807, 2.05) is 29.9 Å². The second-order valence-electron chi connectivity index (χ2n) is 7.15. The summed E-state index contributed by atoms with van der Waals surface area (Å²) in [6.07, 6.45) is 4.79. The number of rotatable bonds is 5. The molecule has 0 spiro atoms. The number of aromatic nitrogens is 1. The Balaban J connectivity index is 1.48. The molecule has 1 aliphatic rings. The van der Waals surface area contributed by atoms with E-state index in [0.29, 0.717) is 31.7 Å². The highest BCUT2D eigenvalue weighted by Crippen LogP contribution is 2.26. The first-order chi connectivity index (χ1) is 13.4. The highest BCUT2D eigenvalue weighted by Gasteiger charge is 2.33. The summed E-state index contributed by atoms with van der Waals surface area (Å²) >= 11 is 0. The van der Waals surface area contributed by atoms with Gasteiger partial charge in [0.2, 0.25) is 15.9 Å². The Morgan fingerprint density at radius 2 is 2.14 bits per heavy atom. The number of aryl methyl sites for hydroxylation is 1. The Morgan fingerprint density at radius 1 is 1.29 bits per heavy atom. The molecular formula is C20H23N3O4S. The van der Waals surface area contributed by atoms with Crippen LogP contribution in [-0.2, 0) is 28.4 Å². The number of hydrogen-bond donors (Lipinski definition) is 1. The Morgan fingerprint density at radius 3 is 2.93 bits per heavy atom. The van der Waals surface area contributed by atoms with Crippen LogP contribution in [0.4, 0.5) is 0 Å². The maximum Gasteiger partial charge on any atom is 0.243 e. The molecule has 0 bridgehead atoms. The molecule has 0 unspecified atom stereocenters. The fourth-order valence-corrected chi connectivity index (χ4v) is 5.24. The Hall–Kier alpha value is -2.58. The first kappa shape index (κ1) is 18.8. The molecule has 0 saturated carbocycles. The lowest BCUT2D eigenvalue weighted by Crippen LogP contribution is -2.45. The number of carbonyl (C=O) groups excluding carboxylic acids is 1. The summed E-state index contributed by atoms with van der Waals surface area (Å²) in [5, 5.41) is 3.72. The van der Waals surface area contributed by atoms with Gasteiger partial charge in [-0.1, -0.05) is 0 Å². The number of nitrogens with one attached hydrogen (secondary N) is 1. The number of fused-ring (bicyclic) bond motifs is 1. The third-order valence-corrected chi connectivity index (χ3v) is 7.13. The minimum atomic E-state index is -3.64. The average molecular weight is 401 g/mol. The molecule has 1 saturated heterocycles. The van der Waals surface area contributed by atoms with Crippen LogP contribution in [0, 0.1) is 5.92 Å². The van der Waals surface area contributed by atoms with E-state index in [2.05, 4.69) is 5.32 Å². The summed E-state index contributed by atoms with van der Waals surface area (Å²) < 4.78 is 34.8. The molecule has 4 rings (SSSR count). The van der Waals surface area contributed by atoms with Crippen LogP contribution in [0.15, 0.2) is 58.2 Å². The number of piperidine rings is 1. The summed E-state index contributed by atoms with van der Waals surface area (Å²) in [6.45, 7) is 0.927. The standard InChI is InChI=1S/C20H23N3O4S/c1-22-10-8-15-12-18(6-7-19(15)22)28(25,26)23-9-2-4-16(14-23)20(24)21-13-17-5-3-11-27-17/h3,5-8,10-12,16H,2,4,9,13-14H2,1H3,(H,21,24)/t16-/m0/s1. The largest absolute Gasteiger partial charge is 0.467 e. The topological polar surface area (TPSA) is 84.5 Å². The van der Waals surface area contributed by atoms with Crippen LogP contribution in [0.5, 0.6) is 0 Å². The molecule has 0 aliphatic carbocycles. The Bertz CT molecular complexity index is 1090. The van der Waals surface area contributed by atoms with E-state index >= 15 is 0 Å². The molecule has 3 heterocycles. The van der Waals surface area contributed by atoms with Crippen molar-refractivity contribution in [2.75, 3.05) is 13.1 Å². The molecule has 28 heavy (non-hydrogen) atoms. The Labute approximate surface area is 164 Å². The van der Waals surface area contributed by atoms with Gasteiger partial charge in [-0.25, -0.2) is 8.42 Å². The number of carbonyl (C=O) groups is 1. The fraction of sp³-hybridized carbons (Fsp3) is 0.350. The predicted molar refractivity (Wildman–Crippen MR) is 105 cm³/mol. The normalized spacial score (nSPS) is 18.4. The molecule has 1 fully saturated rings. The summed E-state index contributed by atoms with van der Waals surface area (Å²) in [5.41, 5.74) is 0.979. The van der Waals surface area contributed by atoms with Gasteiger partial charge in [-0.05, 0) is 49.2 Å². The van der Waals surface area contributed by atoms with Crippen LogP contribution in [-0.4, -0.2) is 36.3 Å². The number of furan rings is 1. The Kier molecular flexibility index (Phi) is 4.99. The molecule has 7 nitrogen and oxygen atoms in total. The zero-order valence-corrected chi connectivity index (χ0v) is 16.5. The molecule has 8 heteroatoms. The highest BCUT2D eigenvalue weighted by molar-refractivity contribution is 7.89. The van der Waals surface area contributed by atoms with Gasteiger partial charge in [0.15, 0.2) is 0 Å². The zero-order valence-electron chi connectivity index (χ0n) is 15.7. The molecule has 1 N–H and O–H groups in total. The highest BCUT2D eigenvalue weighted by atomic mass is 32.2. The average Bonchev–Trinajstić information content (AvgIpc) is 3.36. The molecule has 1 aliphatic heterocycles. The van der Waals surface area contributed by atoms with Crippen LogP contribution in [0.3, 0.4) is 0 Å². The lowest BCUT2D eigenvalue weighted by molar-refractivity contribution is -0.126. The van der Waals surface area contributed by atoms with Crippen molar-refractivity contribution in [3.63, 3.8) is 0 Å². The van der Waals surface area contributed by atoms with E-state index in [0.717, 1.165) is 10.9 Å². The smallest absolute Gasteiger partial charge is 0.243 e. The number of sulfonamides is 1. The summed E-state index contributed by atoms with van der Waals surface area (Å²) in [5.74, 6) is 0.165. The summed E-state index contributed by atoms with van der Waals surface area (Å²) in [4.78, 5) is 12.8. The van der Waals surface area contributed by atoms with Crippen molar-refractivity contribution in [1.29, 1.82) is 0 Å². The monoisotopic (exact) mass is 401 g/mol. The van der Waals surface area contributed by atoms with Gasteiger partial charge in [-0.15, -0.1) is 0 Å². The van der Waals surface area contributed by atoms with E-state index in [1.165, 1.54) is 4.31 Å². The minimum Gasteiger partial charge on any atom is -0.467 e. The van der Waals surface area contributed by atoms with Crippen molar-refractivity contribution < 1.29 is 17.6 Å². The van der Waals surface area contributed by atoms with Crippen LogP contribution < -0.4 is 5.32 Å². The quantitative estimate of drug-likeness (QED) is 0.712. The van der Waals surface area contributed by atoms with Gasteiger partial charge in [-0.3, -0.25) is 4.79 Å². The van der Waals surface area contributed by atoms with E-state index in [9.17, 15) is 13.2 Å². The molecule has 3 aromatic rings. The third-order valence-electron chi connectivity index (χ3n) is 5.27. The van der Waals surface area contributed by atoms with Gasteiger partial charge in [-0.2, -0.15) is 4.31 Å². The lowest BCUT2D eigenvalue weighted by Gasteiger charge is -2.31. The molecule has 2 aromatic heterocycles. The van der Waals surface area contributed by atoms with Crippen molar-refractivity contribution in [3.8, 4) is 0 Å². The van der Waals surface area contributed by atoms with E-state index < -0.39 is 10.0 Å². The van der Waals surface area contributed by atoms with Crippen molar-refractivity contribution in [3.05, 3.63) is 54.6 Å². The van der Waals surface area contributed by atoms with E-state index in [1.54, 1.807) is 30.5 Å². The van der Waals surface area contributed by atoms with Gasteiger partial charge in [0.05, 0.1) is 23.6 Å². The van der Waals surface area contributed by atoms with Gasteiger partial charge < -0.3 is 14.3 Å².